The molecule has 0 atom stereocenters. The van der Waals surface area contributed by atoms with Crippen LogP contribution in [-0.4, -0.2) is 31.8 Å². The molecule has 2 amide bonds. The molecule has 124 valence electrons. The first-order valence-electron chi connectivity index (χ1n) is 7.18. The molecule has 3 rings (SSSR count). The number of hydrogen-bond donors (Lipinski definition) is 3. The van der Waals surface area contributed by atoms with Gasteiger partial charge in [0.25, 0.3) is 11.8 Å². The molecule has 0 aliphatic rings. The van der Waals surface area contributed by atoms with Crippen molar-refractivity contribution in [2.45, 2.75) is 20.4 Å². The Morgan fingerprint density at radius 1 is 1.38 bits per heavy atom. The van der Waals surface area contributed by atoms with E-state index in [2.05, 4.69) is 20.6 Å². The fourth-order valence-corrected chi connectivity index (χ4v) is 2.32. The summed E-state index contributed by atoms with van der Waals surface area (Å²) in [6, 6.07) is 5.22. The first kappa shape index (κ1) is 15.5. The number of nitrogens with zero attached hydrogens (tertiary/aromatic N) is 3. The van der Waals surface area contributed by atoms with Gasteiger partial charge in [-0.2, -0.15) is 10.2 Å². The molecule has 9 nitrogen and oxygen atoms in total. The smallest absolute Gasteiger partial charge is 0.291 e. The molecule has 0 spiro atoms. The van der Waals surface area contributed by atoms with E-state index < -0.39 is 11.8 Å². The van der Waals surface area contributed by atoms with Gasteiger partial charge in [0.2, 0.25) is 0 Å². The van der Waals surface area contributed by atoms with Gasteiger partial charge >= 0.3 is 0 Å². The maximum atomic E-state index is 12.2. The Morgan fingerprint density at radius 3 is 2.83 bits per heavy atom. The fraction of sp³-hybridized carbons (Fsp3) is 0.200. The number of carbonyl (C=O) groups is 2. The van der Waals surface area contributed by atoms with Gasteiger partial charge < -0.3 is 15.5 Å². The standard InChI is InChI=1S/C15H16N6O3/c1-8-5-9(2)21(20-8)7-10-3-4-12(24-10)15(23)18-11-6-17-19-13(11)14(16)22/h3-6H,7H2,1-2H3,(H2,16,22)(H,17,19)(H,18,23). The number of hydrogen-bond acceptors (Lipinski definition) is 5. The van der Waals surface area contributed by atoms with E-state index in [4.69, 9.17) is 10.2 Å². The molecular weight excluding hydrogens is 312 g/mol. The zero-order valence-electron chi connectivity index (χ0n) is 13.2. The Balaban J connectivity index is 1.73. The quantitative estimate of drug-likeness (QED) is 0.648. The molecule has 3 heterocycles. The summed E-state index contributed by atoms with van der Waals surface area (Å²) < 4.78 is 7.33. The van der Waals surface area contributed by atoms with Crippen molar-refractivity contribution in [3.05, 3.63) is 53.0 Å². The molecule has 0 bridgehead atoms. The highest BCUT2D eigenvalue weighted by molar-refractivity contribution is 6.06. The lowest BCUT2D eigenvalue weighted by molar-refractivity contribution is 0.0994. The third-order valence-electron chi connectivity index (χ3n) is 3.43. The summed E-state index contributed by atoms with van der Waals surface area (Å²) in [5, 5.41) is 13.0. The van der Waals surface area contributed by atoms with Crippen LogP contribution in [0.5, 0.6) is 0 Å². The zero-order valence-corrected chi connectivity index (χ0v) is 13.2. The van der Waals surface area contributed by atoms with Crippen LogP contribution < -0.4 is 11.1 Å². The summed E-state index contributed by atoms with van der Waals surface area (Å²) in [6.07, 6.45) is 1.30. The topological polar surface area (TPSA) is 132 Å². The van der Waals surface area contributed by atoms with Crippen molar-refractivity contribution in [2.75, 3.05) is 5.32 Å². The Kier molecular flexibility index (Phi) is 3.90. The second-order valence-electron chi connectivity index (χ2n) is 5.33. The molecule has 0 saturated carbocycles. The van der Waals surface area contributed by atoms with Gasteiger partial charge in [-0.05, 0) is 32.0 Å². The normalized spacial score (nSPS) is 10.8. The van der Waals surface area contributed by atoms with Crippen molar-refractivity contribution >= 4 is 17.5 Å². The van der Waals surface area contributed by atoms with Crippen LogP contribution in [0.4, 0.5) is 5.69 Å². The molecule has 3 aromatic rings. The minimum absolute atomic E-state index is 0.0257. The van der Waals surface area contributed by atoms with Crippen LogP contribution >= 0.6 is 0 Å². The third kappa shape index (κ3) is 3.05. The molecule has 3 aromatic heterocycles. The third-order valence-corrected chi connectivity index (χ3v) is 3.43. The highest BCUT2D eigenvalue weighted by Crippen LogP contribution is 2.15. The van der Waals surface area contributed by atoms with Crippen molar-refractivity contribution in [1.29, 1.82) is 0 Å². The van der Waals surface area contributed by atoms with Gasteiger partial charge in [0.15, 0.2) is 5.76 Å². The predicted octanol–water partition coefficient (Wildman–Crippen LogP) is 1.22. The summed E-state index contributed by atoms with van der Waals surface area (Å²) in [7, 11) is 0. The van der Waals surface area contributed by atoms with E-state index in [1.807, 2.05) is 19.9 Å². The number of anilines is 1. The zero-order chi connectivity index (χ0) is 17.3. The number of rotatable bonds is 5. The van der Waals surface area contributed by atoms with Gasteiger partial charge in [-0.15, -0.1) is 0 Å². The Bertz CT molecular complexity index is 904. The van der Waals surface area contributed by atoms with Crippen LogP contribution in [0.2, 0.25) is 0 Å². The van der Waals surface area contributed by atoms with Crippen molar-refractivity contribution in [3.8, 4) is 0 Å². The van der Waals surface area contributed by atoms with Crippen molar-refractivity contribution in [3.63, 3.8) is 0 Å². The molecule has 0 fully saturated rings. The van der Waals surface area contributed by atoms with E-state index in [0.717, 1.165) is 11.4 Å². The van der Waals surface area contributed by atoms with E-state index in [0.29, 0.717) is 12.3 Å². The largest absolute Gasteiger partial charge is 0.454 e. The lowest BCUT2D eigenvalue weighted by atomic mass is 10.3. The SMILES string of the molecule is Cc1cc(C)n(Cc2ccc(C(=O)Nc3cn[nH]c3C(N)=O)o2)n1. The number of amides is 2. The average Bonchev–Trinajstić information content (AvgIpc) is 3.21. The van der Waals surface area contributed by atoms with Crippen molar-refractivity contribution < 1.29 is 14.0 Å². The molecule has 9 heteroatoms. The summed E-state index contributed by atoms with van der Waals surface area (Å²) >= 11 is 0. The van der Waals surface area contributed by atoms with Gasteiger partial charge in [-0.25, -0.2) is 0 Å². The molecule has 0 unspecified atom stereocenters. The Hall–Kier alpha value is -3.36. The highest BCUT2D eigenvalue weighted by atomic mass is 16.4. The predicted molar refractivity (Wildman–Crippen MR) is 84.6 cm³/mol. The molecule has 0 aromatic carbocycles. The molecule has 0 aliphatic heterocycles. The number of aromatic nitrogens is 4. The molecule has 4 N–H and O–H groups in total. The van der Waals surface area contributed by atoms with Crippen molar-refractivity contribution in [2.24, 2.45) is 5.73 Å². The van der Waals surface area contributed by atoms with Gasteiger partial charge in [0.05, 0.1) is 24.1 Å². The summed E-state index contributed by atoms with van der Waals surface area (Å²) in [6.45, 7) is 4.28. The fourth-order valence-electron chi connectivity index (χ4n) is 2.32. The maximum Gasteiger partial charge on any atom is 0.291 e. The number of carbonyl (C=O) groups excluding carboxylic acids is 2. The van der Waals surface area contributed by atoms with E-state index in [1.165, 1.54) is 6.20 Å². The minimum Gasteiger partial charge on any atom is -0.454 e. The molecule has 0 aliphatic carbocycles. The second kappa shape index (κ2) is 6.03. The van der Waals surface area contributed by atoms with Crippen LogP contribution in [-0.2, 0) is 6.54 Å². The number of primary amides is 1. The number of aryl methyl sites for hydroxylation is 2. The number of nitrogens with two attached hydrogens (primary N) is 1. The highest BCUT2D eigenvalue weighted by Gasteiger charge is 2.17. The molecule has 24 heavy (non-hydrogen) atoms. The summed E-state index contributed by atoms with van der Waals surface area (Å²) in [4.78, 5) is 23.4. The van der Waals surface area contributed by atoms with Crippen molar-refractivity contribution in [1.82, 2.24) is 20.0 Å². The van der Waals surface area contributed by atoms with Gasteiger partial charge in [0.1, 0.15) is 11.5 Å². The van der Waals surface area contributed by atoms with E-state index in [9.17, 15) is 9.59 Å². The maximum absolute atomic E-state index is 12.2. The number of H-pyrrole nitrogens is 1. The van der Waals surface area contributed by atoms with E-state index in [1.54, 1.807) is 16.8 Å². The van der Waals surface area contributed by atoms with Crippen LogP contribution in [0.3, 0.4) is 0 Å². The number of aromatic amines is 1. The van der Waals surface area contributed by atoms with Gasteiger partial charge in [0, 0.05) is 5.69 Å². The van der Waals surface area contributed by atoms with Crippen LogP contribution in [0.1, 0.15) is 38.2 Å². The monoisotopic (exact) mass is 328 g/mol. The van der Waals surface area contributed by atoms with Gasteiger partial charge in [-0.1, -0.05) is 0 Å². The lowest BCUT2D eigenvalue weighted by Crippen LogP contribution is -2.17. The van der Waals surface area contributed by atoms with Gasteiger partial charge in [-0.3, -0.25) is 19.4 Å². The molecule has 0 radical (unpaired) electrons. The number of furan rings is 1. The van der Waals surface area contributed by atoms with Crippen LogP contribution in [0.15, 0.2) is 28.8 Å². The molecular formula is C15H16N6O3. The first-order valence-corrected chi connectivity index (χ1v) is 7.18. The first-order chi connectivity index (χ1) is 11.4. The summed E-state index contributed by atoms with van der Waals surface area (Å²) in [5.74, 6) is -0.511. The second-order valence-corrected chi connectivity index (χ2v) is 5.33. The van der Waals surface area contributed by atoms with E-state index >= 15 is 0 Å². The lowest BCUT2D eigenvalue weighted by Gasteiger charge is -2.03. The Labute approximate surface area is 136 Å². The summed E-state index contributed by atoms with van der Waals surface area (Å²) in [5.41, 5.74) is 7.32. The number of nitrogens with one attached hydrogen (secondary N) is 2. The molecule has 0 saturated heterocycles. The Morgan fingerprint density at radius 2 is 2.17 bits per heavy atom. The van der Waals surface area contributed by atoms with Crippen LogP contribution in [0, 0.1) is 13.8 Å². The minimum atomic E-state index is -0.715. The van der Waals surface area contributed by atoms with Crippen LogP contribution in [0.25, 0.3) is 0 Å². The average molecular weight is 328 g/mol. The van der Waals surface area contributed by atoms with E-state index in [-0.39, 0.29) is 17.1 Å².